The van der Waals surface area contributed by atoms with E-state index in [2.05, 4.69) is 41.5 Å². The van der Waals surface area contributed by atoms with Crippen molar-refractivity contribution in [2.75, 3.05) is 27.2 Å². The van der Waals surface area contributed by atoms with E-state index in [0.717, 1.165) is 25.7 Å². The molecule has 0 aromatic heterocycles. The minimum absolute atomic E-state index is 0.00285. The van der Waals surface area contributed by atoms with E-state index in [0.29, 0.717) is 11.8 Å². The van der Waals surface area contributed by atoms with Gasteiger partial charge in [-0.3, -0.25) is 0 Å². The SMILES string of the molecule is CC1(C)[C@@H]2CC[C@@]1(C)[C@H](OC(=O)C[N+](C)(C)CC(=O)O[C@@H]1C[C@@H]3CC[C@]1(C)C3(C)C)C2. The minimum atomic E-state index is -0.194. The lowest BCUT2D eigenvalue weighted by Gasteiger charge is -2.39. The number of ether oxygens (including phenoxy) is 2. The first kappa shape index (κ1) is 23.1. The summed E-state index contributed by atoms with van der Waals surface area (Å²) in [7, 11) is 3.84. The first-order valence-electron chi connectivity index (χ1n) is 12.3. The minimum Gasteiger partial charge on any atom is -0.458 e. The van der Waals surface area contributed by atoms with Gasteiger partial charge in [-0.1, -0.05) is 41.5 Å². The van der Waals surface area contributed by atoms with Crippen LogP contribution in [0.3, 0.4) is 0 Å². The molecule has 31 heavy (non-hydrogen) atoms. The lowest BCUT2D eigenvalue weighted by atomic mass is 9.70. The highest BCUT2D eigenvalue weighted by atomic mass is 16.6. The summed E-state index contributed by atoms with van der Waals surface area (Å²) in [5.74, 6) is 0.890. The summed E-state index contributed by atoms with van der Waals surface area (Å²) in [4.78, 5) is 25.6. The van der Waals surface area contributed by atoms with Gasteiger partial charge in [-0.05, 0) is 61.2 Å². The quantitative estimate of drug-likeness (QED) is 0.454. The Kier molecular flexibility index (Phi) is 5.17. The molecule has 0 aromatic rings. The van der Waals surface area contributed by atoms with Crippen LogP contribution in [0.15, 0.2) is 0 Å². The van der Waals surface area contributed by atoms with E-state index in [-0.39, 0.29) is 63.4 Å². The van der Waals surface area contributed by atoms with Gasteiger partial charge < -0.3 is 14.0 Å². The maximum absolute atomic E-state index is 12.8. The number of fused-ring (bicyclic) bond motifs is 4. The van der Waals surface area contributed by atoms with Crippen LogP contribution in [-0.2, 0) is 19.1 Å². The van der Waals surface area contributed by atoms with Gasteiger partial charge in [0, 0.05) is 10.8 Å². The summed E-state index contributed by atoms with van der Waals surface area (Å²) in [6, 6.07) is 0. The van der Waals surface area contributed by atoms with Crippen LogP contribution in [0.1, 0.15) is 80.1 Å². The van der Waals surface area contributed by atoms with Crippen LogP contribution in [0.25, 0.3) is 0 Å². The fourth-order valence-corrected chi connectivity index (χ4v) is 7.76. The maximum atomic E-state index is 12.8. The summed E-state index contributed by atoms with van der Waals surface area (Å²) in [5.41, 5.74) is 0.564. The summed E-state index contributed by atoms with van der Waals surface area (Å²) in [6.45, 7) is 14.3. The molecule has 0 aromatic carbocycles. The van der Waals surface area contributed by atoms with Crippen molar-refractivity contribution in [3.05, 3.63) is 0 Å². The molecule has 5 nitrogen and oxygen atoms in total. The number of rotatable bonds is 6. The van der Waals surface area contributed by atoms with E-state index in [1.165, 1.54) is 12.8 Å². The van der Waals surface area contributed by atoms with Gasteiger partial charge in [0.15, 0.2) is 13.1 Å². The predicted molar refractivity (Wildman–Crippen MR) is 120 cm³/mol. The third-order valence-electron chi connectivity index (χ3n) is 11.1. The summed E-state index contributed by atoms with van der Waals surface area (Å²) < 4.78 is 12.3. The smallest absolute Gasteiger partial charge is 0.362 e. The number of hydrogen-bond acceptors (Lipinski definition) is 4. The molecular formula is C26H44NO4+. The molecule has 4 aliphatic rings. The molecule has 4 bridgehead atoms. The Morgan fingerprint density at radius 1 is 0.742 bits per heavy atom. The maximum Gasteiger partial charge on any atom is 0.362 e. The van der Waals surface area contributed by atoms with E-state index >= 15 is 0 Å². The molecule has 0 heterocycles. The Morgan fingerprint density at radius 3 is 1.35 bits per heavy atom. The van der Waals surface area contributed by atoms with Crippen molar-refractivity contribution < 1.29 is 23.5 Å². The largest absolute Gasteiger partial charge is 0.458 e. The lowest BCUT2D eigenvalue weighted by molar-refractivity contribution is -0.875. The zero-order valence-electron chi connectivity index (χ0n) is 21.0. The summed E-state index contributed by atoms with van der Waals surface area (Å²) in [5, 5.41) is 0. The van der Waals surface area contributed by atoms with Crippen molar-refractivity contribution >= 4 is 11.9 Å². The number of hydrogen-bond donors (Lipinski definition) is 0. The second-order valence-corrected chi connectivity index (χ2v) is 13.4. The van der Waals surface area contributed by atoms with Gasteiger partial charge in [-0.25, -0.2) is 9.59 Å². The third kappa shape index (κ3) is 3.36. The Bertz CT molecular complexity index is 709. The molecule has 0 spiro atoms. The summed E-state index contributed by atoms with van der Waals surface area (Å²) in [6.07, 6.45) is 6.68. The molecule has 6 atom stereocenters. The van der Waals surface area contributed by atoms with Crippen LogP contribution < -0.4 is 0 Å². The predicted octanol–water partition coefficient (Wildman–Crippen LogP) is 4.58. The van der Waals surface area contributed by atoms with Crippen molar-refractivity contribution in [2.45, 2.75) is 92.3 Å². The highest BCUT2D eigenvalue weighted by Gasteiger charge is 2.64. The number of carbonyl (C=O) groups is 2. The molecule has 4 fully saturated rings. The van der Waals surface area contributed by atoms with Crippen molar-refractivity contribution in [3.63, 3.8) is 0 Å². The van der Waals surface area contributed by atoms with Crippen molar-refractivity contribution in [3.8, 4) is 0 Å². The summed E-state index contributed by atoms with van der Waals surface area (Å²) >= 11 is 0. The first-order chi connectivity index (χ1) is 14.1. The van der Waals surface area contributed by atoms with Gasteiger partial charge in [0.1, 0.15) is 12.2 Å². The van der Waals surface area contributed by atoms with Crippen LogP contribution in [0, 0.1) is 33.5 Å². The zero-order valence-corrected chi connectivity index (χ0v) is 21.0. The normalized spacial score (nSPS) is 42.1. The average Bonchev–Trinajstić information content (AvgIpc) is 3.12. The van der Waals surface area contributed by atoms with Crippen molar-refractivity contribution in [2.24, 2.45) is 33.5 Å². The van der Waals surface area contributed by atoms with E-state index in [1.54, 1.807) is 0 Å². The lowest BCUT2D eigenvalue weighted by Crippen LogP contribution is -2.50. The fraction of sp³-hybridized carbons (Fsp3) is 0.923. The number of likely N-dealkylation sites (N-methyl/N-ethyl adjacent to an activating group) is 1. The van der Waals surface area contributed by atoms with E-state index in [1.807, 2.05) is 14.1 Å². The molecule has 0 amide bonds. The van der Waals surface area contributed by atoms with Crippen LogP contribution >= 0.6 is 0 Å². The van der Waals surface area contributed by atoms with E-state index in [4.69, 9.17) is 9.47 Å². The zero-order chi connectivity index (χ0) is 23.0. The van der Waals surface area contributed by atoms with Crippen LogP contribution in [0.5, 0.6) is 0 Å². The Hall–Kier alpha value is -1.10. The molecule has 176 valence electrons. The molecule has 0 N–H and O–H groups in total. The molecule has 4 saturated carbocycles. The van der Waals surface area contributed by atoms with E-state index in [9.17, 15) is 9.59 Å². The molecule has 4 rings (SSSR count). The molecule has 0 saturated heterocycles. The van der Waals surface area contributed by atoms with Gasteiger partial charge in [-0.2, -0.15) is 0 Å². The van der Waals surface area contributed by atoms with Crippen molar-refractivity contribution in [1.82, 2.24) is 0 Å². The number of carbonyl (C=O) groups excluding carboxylic acids is 2. The number of quaternary nitrogens is 1. The third-order valence-corrected chi connectivity index (χ3v) is 11.1. The second-order valence-electron chi connectivity index (χ2n) is 13.4. The second kappa shape index (κ2) is 6.95. The molecule has 5 heteroatoms. The van der Waals surface area contributed by atoms with Gasteiger partial charge in [0.05, 0.1) is 14.1 Å². The monoisotopic (exact) mass is 434 g/mol. The van der Waals surface area contributed by atoms with Gasteiger partial charge in [0.2, 0.25) is 0 Å². The van der Waals surface area contributed by atoms with Crippen LogP contribution in [-0.4, -0.2) is 55.8 Å². The average molecular weight is 435 g/mol. The highest BCUT2D eigenvalue weighted by Crippen LogP contribution is 2.67. The fourth-order valence-electron chi connectivity index (χ4n) is 7.76. The molecule has 0 aliphatic heterocycles. The number of esters is 2. The van der Waals surface area contributed by atoms with Gasteiger partial charge in [-0.15, -0.1) is 0 Å². The molecule has 0 unspecified atom stereocenters. The Morgan fingerprint density at radius 2 is 1.10 bits per heavy atom. The van der Waals surface area contributed by atoms with Gasteiger partial charge >= 0.3 is 11.9 Å². The molecule has 0 radical (unpaired) electrons. The van der Waals surface area contributed by atoms with Crippen LogP contribution in [0.2, 0.25) is 0 Å². The Labute approximate surface area is 188 Å². The molecule has 4 aliphatic carbocycles. The number of nitrogens with zero attached hydrogens (tertiary/aromatic N) is 1. The highest BCUT2D eigenvalue weighted by molar-refractivity contribution is 5.73. The standard InChI is InChI=1S/C26H44NO4/c1-23(2)17-9-11-25(23,5)19(13-17)30-21(28)15-27(7,8)16-22(29)31-20-14-18-10-12-26(20,6)24(18,3)4/h17-20H,9-16H2,1-8H3/q+1/t17-,18+,19-,20-,25+,26+/m1/s1. The Balaban J connectivity index is 1.30. The topological polar surface area (TPSA) is 52.6 Å². The van der Waals surface area contributed by atoms with Crippen LogP contribution in [0.4, 0.5) is 0 Å². The molecular weight excluding hydrogens is 390 g/mol. The first-order valence-corrected chi connectivity index (χ1v) is 12.3. The van der Waals surface area contributed by atoms with E-state index < -0.39 is 0 Å². The van der Waals surface area contributed by atoms with Gasteiger partial charge in [0.25, 0.3) is 0 Å². The van der Waals surface area contributed by atoms with Crippen molar-refractivity contribution in [1.29, 1.82) is 0 Å².